The highest BCUT2D eigenvalue weighted by molar-refractivity contribution is 8.93. The maximum atomic E-state index is 5.21. The first-order chi connectivity index (χ1) is 11.9. The van der Waals surface area contributed by atoms with Crippen molar-refractivity contribution in [3.8, 4) is 5.75 Å². The molecule has 2 bridgehead atoms. The lowest BCUT2D eigenvalue weighted by molar-refractivity contribution is 0.194. The minimum atomic E-state index is 0. The number of thioether (sulfide) groups is 1. The molecular formula is C20H26BrN3OS. The van der Waals surface area contributed by atoms with Crippen LogP contribution < -0.4 is 10.2 Å². The average Bonchev–Trinajstić information content (AvgIpc) is 2.96. The molecule has 4 rings (SSSR count). The predicted molar refractivity (Wildman–Crippen MR) is 116 cm³/mol. The number of hydrogen-bond acceptors (Lipinski definition) is 5. The Labute approximate surface area is 170 Å². The number of halogens is 1. The Morgan fingerprint density at radius 3 is 2.46 bits per heavy atom. The molecule has 0 saturated heterocycles. The van der Waals surface area contributed by atoms with Crippen molar-refractivity contribution in [1.29, 1.82) is 0 Å². The zero-order chi connectivity index (χ0) is 17.7. The Kier molecular flexibility index (Phi) is 5.28. The van der Waals surface area contributed by atoms with E-state index < -0.39 is 0 Å². The fraction of sp³-hybridized carbons (Fsp3) is 0.500. The largest absolute Gasteiger partial charge is 0.497 e. The van der Waals surface area contributed by atoms with E-state index in [0.29, 0.717) is 5.41 Å². The Morgan fingerprint density at radius 1 is 1.23 bits per heavy atom. The van der Waals surface area contributed by atoms with Crippen LogP contribution in [0.1, 0.15) is 45.6 Å². The van der Waals surface area contributed by atoms with Gasteiger partial charge in [0.05, 0.1) is 12.8 Å². The molecule has 140 valence electrons. The minimum Gasteiger partial charge on any atom is -0.497 e. The Morgan fingerprint density at radius 2 is 1.96 bits per heavy atom. The molecule has 0 amide bonds. The molecule has 0 radical (unpaired) electrons. The van der Waals surface area contributed by atoms with Gasteiger partial charge in [0.2, 0.25) is 5.17 Å². The lowest BCUT2D eigenvalue weighted by Crippen LogP contribution is -2.33. The van der Waals surface area contributed by atoms with Crippen molar-refractivity contribution in [2.75, 3.05) is 7.11 Å². The Bertz CT molecular complexity index is 785. The fourth-order valence-electron chi connectivity index (χ4n) is 4.44. The maximum absolute atomic E-state index is 5.21. The number of aliphatic imine (C=N–C) groups is 1. The van der Waals surface area contributed by atoms with Crippen molar-refractivity contribution in [1.82, 2.24) is 5.43 Å². The first-order valence-corrected chi connectivity index (χ1v) is 9.75. The number of benzene rings is 1. The van der Waals surface area contributed by atoms with Crippen LogP contribution in [0.2, 0.25) is 0 Å². The molecule has 1 aromatic rings. The van der Waals surface area contributed by atoms with Gasteiger partial charge in [0.25, 0.3) is 0 Å². The van der Waals surface area contributed by atoms with Crippen LogP contribution in [0, 0.1) is 16.7 Å². The van der Waals surface area contributed by atoms with Crippen molar-refractivity contribution in [2.45, 2.75) is 40.0 Å². The maximum Gasteiger partial charge on any atom is 0.210 e. The van der Waals surface area contributed by atoms with E-state index >= 15 is 0 Å². The van der Waals surface area contributed by atoms with E-state index in [0.717, 1.165) is 34.5 Å². The summed E-state index contributed by atoms with van der Waals surface area (Å²) in [4.78, 5) is 4.94. The highest BCUT2D eigenvalue weighted by Gasteiger charge is 2.59. The topological polar surface area (TPSA) is 46.0 Å². The molecule has 1 aromatic carbocycles. The number of fused-ring (bicyclic) bond motifs is 2. The van der Waals surface area contributed by atoms with Crippen molar-refractivity contribution >= 4 is 45.3 Å². The van der Waals surface area contributed by atoms with Crippen molar-refractivity contribution in [2.24, 2.45) is 26.8 Å². The van der Waals surface area contributed by atoms with Crippen LogP contribution in [0.5, 0.6) is 5.75 Å². The summed E-state index contributed by atoms with van der Waals surface area (Å²) in [5.74, 6) is 1.62. The van der Waals surface area contributed by atoms with Crippen LogP contribution in [0.25, 0.3) is 5.70 Å². The van der Waals surface area contributed by atoms with Crippen LogP contribution >= 0.6 is 28.7 Å². The third-order valence-electron chi connectivity index (χ3n) is 6.70. The summed E-state index contributed by atoms with van der Waals surface area (Å²) in [6.07, 6.45) is 3.71. The highest BCUT2D eigenvalue weighted by Crippen LogP contribution is 2.64. The smallest absolute Gasteiger partial charge is 0.210 e. The van der Waals surface area contributed by atoms with Crippen LogP contribution in [0.4, 0.5) is 0 Å². The molecule has 2 fully saturated rings. The molecule has 0 spiro atoms. The zero-order valence-corrected chi connectivity index (χ0v) is 18.2. The Hall–Kier alpha value is -1.27. The van der Waals surface area contributed by atoms with E-state index in [9.17, 15) is 0 Å². The highest BCUT2D eigenvalue weighted by atomic mass is 79.9. The minimum absolute atomic E-state index is 0. The van der Waals surface area contributed by atoms with Gasteiger partial charge in [0.1, 0.15) is 5.75 Å². The number of rotatable bonds is 2. The summed E-state index contributed by atoms with van der Waals surface area (Å²) < 4.78 is 5.21. The summed E-state index contributed by atoms with van der Waals surface area (Å²) in [5.41, 5.74) is 7.15. The average molecular weight is 436 g/mol. The van der Waals surface area contributed by atoms with E-state index in [2.05, 4.69) is 36.7 Å². The Balaban J connectivity index is 0.00000196. The number of hydrogen-bond donors (Lipinski definition) is 1. The number of nitrogens with zero attached hydrogens (tertiary/aromatic N) is 2. The molecule has 6 heteroatoms. The summed E-state index contributed by atoms with van der Waals surface area (Å²) >= 11 is 1.60. The second-order valence-electron chi connectivity index (χ2n) is 7.94. The molecule has 4 nitrogen and oxygen atoms in total. The first kappa shape index (κ1) is 19.5. The van der Waals surface area contributed by atoms with E-state index in [1.807, 2.05) is 24.3 Å². The summed E-state index contributed by atoms with van der Waals surface area (Å²) in [6, 6.07) is 7.98. The molecule has 3 aliphatic rings. The normalized spacial score (nSPS) is 30.3. The van der Waals surface area contributed by atoms with Gasteiger partial charge < -0.3 is 4.74 Å². The van der Waals surface area contributed by atoms with Crippen LogP contribution in [-0.2, 0) is 0 Å². The molecule has 1 N–H and O–H groups in total. The van der Waals surface area contributed by atoms with Crippen molar-refractivity contribution < 1.29 is 4.74 Å². The van der Waals surface area contributed by atoms with Gasteiger partial charge in [-0.1, -0.05) is 32.5 Å². The van der Waals surface area contributed by atoms with E-state index in [1.54, 1.807) is 18.9 Å². The lowest BCUT2D eigenvalue weighted by atomic mass is 9.70. The lowest BCUT2D eigenvalue weighted by Gasteiger charge is -2.34. The van der Waals surface area contributed by atoms with Gasteiger partial charge in [-0.2, -0.15) is 0 Å². The predicted octanol–water partition coefficient (Wildman–Crippen LogP) is 5.47. The number of methoxy groups -OCH3 is 1. The van der Waals surface area contributed by atoms with Crippen LogP contribution in [-0.4, -0.2) is 18.0 Å². The van der Waals surface area contributed by atoms with Gasteiger partial charge in [-0.15, -0.1) is 22.1 Å². The molecule has 1 aliphatic heterocycles. The molecule has 2 unspecified atom stereocenters. The third kappa shape index (κ3) is 3.01. The summed E-state index contributed by atoms with van der Waals surface area (Å²) in [6.45, 7) is 7.20. The van der Waals surface area contributed by atoms with Crippen molar-refractivity contribution in [3.05, 3.63) is 35.2 Å². The fourth-order valence-corrected chi connectivity index (χ4v) is 5.11. The quantitative estimate of drug-likeness (QED) is 0.669. The van der Waals surface area contributed by atoms with Gasteiger partial charge >= 0.3 is 0 Å². The monoisotopic (exact) mass is 435 g/mol. The number of amidine groups is 1. The molecule has 2 atom stereocenters. The second-order valence-corrected chi connectivity index (χ2v) is 8.77. The van der Waals surface area contributed by atoms with Gasteiger partial charge in [-0.25, -0.2) is 4.99 Å². The molecular weight excluding hydrogens is 410 g/mol. The number of ether oxygens (including phenoxy) is 1. The first-order valence-electron chi connectivity index (χ1n) is 8.87. The second kappa shape index (κ2) is 7.04. The zero-order valence-electron chi connectivity index (χ0n) is 15.7. The molecule has 0 aromatic heterocycles. The molecule has 2 aliphatic carbocycles. The van der Waals surface area contributed by atoms with E-state index in [1.165, 1.54) is 18.6 Å². The summed E-state index contributed by atoms with van der Waals surface area (Å²) in [7, 11) is 1.68. The third-order valence-corrected chi connectivity index (χ3v) is 7.44. The van der Waals surface area contributed by atoms with E-state index in [-0.39, 0.29) is 22.4 Å². The molecule has 26 heavy (non-hydrogen) atoms. The van der Waals surface area contributed by atoms with Gasteiger partial charge in [-0.05, 0) is 54.9 Å². The SMILES string of the molecule is Br.COc1ccc(C2=CSC(/N=C3\CC4CCC3(C)C4(C)C)=NN2)cc1. The standard InChI is InChI=1S/C20H25N3OS.BrH/c1-19(2)14-9-10-20(19,3)17(11-14)21-18-23-22-16(12-25-18)13-5-7-15(24-4)8-6-13;/h5-8,12,14,22H,9-11H2,1-4H3;1H/b21-17+;. The molecule has 2 saturated carbocycles. The summed E-state index contributed by atoms with van der Waals surface area (Å²) in [5, 5.41) is 7.41. The van der Waals surface area contributed by atoms with Crippen LogP contribution in [0.3, 0.4) is 0 Å². The van der Waals surface area contributed by atoms with Crippen LogP contribution in [0.15, 0.2) is 39.8 Å². The van der Waals surface area contributed by atoms with Crippen molar-refractivity contribution in [3.63, 3.8) is 0 Å². The van der Waals surface area contributed by atoms with Gasteiger partial charge in [0, 0.05) is 22.1 Å². The molecule has 1 heterocycles. The number of hydrazone groups is 1. The number of nitrogens with one attached hydrogen (secondary N) is 1. The van der Waals surface area contributed by atoms with Gasteiger partial charge in [-0.3, -0.25) is 5.43 Å². The van der Waals surface area contributed by atoms with E-state index in [4.69, 9.17) is 9.73 Å². The van der Waals surface area contributed by atoms with Gasteiger partial charge in [0.15, 0.2) is 0 Å².